The first-order valence-electron chi connectivity index (χ1n) is 6.40. The van der Waals surface area contributed by atoms with Crippen LogP contribution in [0.25, 0.3) is 0 Å². The minimum Gasteiger partial charge on any atom is -0.388 e. The Labute approximate surface area is 96.8 Å². The van der Waals surface area contributed by atoms with Gasteiger partial charge in [-0.1, -0.05) is 12.8 Å². The highest BCUT2D eigenvalue weighted by Gasteiger charge is 2.32. The maximum atomic E-state index is 11.8. The lowest BCUT2D eigenvalue weighted by Crippen LogP contribution is -2.46. The second-order valence-corrected chi connectivity index (χ2v) is 5.19. The fourth-order valence-electron chi connectivity index (χ4n) is 2.68. The highest BCUT2D eigenvalue weighted by Crippen LogP contribution is 2.28. The van der Waals surface area contributed by atoms with E-state index in [9.17, 15) is 9.90 Å². The summed E-state index contributed by atoms with van der Waals surface area (Å²) in [4.78, 5) is 11.8. The number of amides is 1. The van der Waals surface area contributed by atoms with Crippen LogP contribution in [0.4, 0.5) is 0 Å². The molecule has 1 amide bonds. The van der Waals surface area contributed by atoms with E-state index in [1.807, 2.05) is 0 Å². The largest absolute Gasteiger partial charge is 0.388 e. The van der Waals surface area contributed by atoms with Gasteiger partial charge in [-0.15, -0.1) is 0 Å². The fraction of sp³-hybridized carbons (Fsp3) is 0.917. The molecule has 16 heavy (non-hydrogen) atoms. The summed E-state index contributed by atoms with van der Waals surface area (Å²) >= 11 is 0. The van der Waals surface area contributed by atoms with Crippen molar-refractivity contribution in [1.82, 2.24) is 10.6 Å². The van der Waals surface area contributed by atoms with Gasteiger partial charge in [0.05, 0.1) is 11.5 Å². The van der Waals surface area contributed by atoms with E-state index in [-0.39, 0.29) is 11.8 Å². The fourth-order valence-corrected chi connectivity index (χ4v) is 2.68. The zero-order chi connectivity index (χ0) is 11.4. The highest BCUT2D eigenvalue weighted by atomic mass is 16.3. The lowest BCUT2D eigenvalue weighted by molar-refractivity contribution is -0.126. The number of nitrogens with one attached hydrogen (secondary N) is 2. The average Bonchev–Trinajstić information content (AvgIpc) is 2.75. The van der Waals surface area contributed by atoms with Crippen molar-refractivity contribution in [3.8, 4) is 0 Å². The van der Waals surface area contributed by atoms with E-state index < -0.39 is 5.60 Å². The maximum absolute atomic E-state index is 11.8. The van der Waals surface area contributed by atoms with E-state index in [1.165, 1.54) is 0 Å². The molecule has 4 heteroatoms. The van der Waals surface area contributed by atoms with Gasteiger partial charge in [-0.3, -0.25) is 4.79 Å². The quantitative estimate of drug-likeness (QED) is 0.653. The predicted octanol–water partition coefficient (Wildman–Crippen LogP) is 0.407. The molecule has 92 valence electrons. The standard InChI is InChI=1S/C12H22N2O2/c15-11(10-4-3-7-13-8-10)14-9-12(16)5-1-2-6-12/h10,13,16H,1-9H2,(H,14,15)/t10-/m1/s1. The molecule has 0 bridgehead atoms. The van der Waals surface area contributed by atoms with Crippen LogP contribution in [0.3, 0.4) is 0 Å². The SMILES string of the molecule is O=C(NCC1(O)CCCC1)[C@@H]1CCCNC1. The zero-order valence-electron chi connectivity index (χ0n) is 9.80. The Morgan fingerprint density at radius 2 is 2.12 bits per heavy atom. The monoisotopic (exact) mass is 226 g/mol. The third-order valence-electron chi connectivity index (χ3n) is 3.79. The first-order chi connectivity index (χ1) is 7.70. The highest BCUT2D eigenvalue weighted by molar-refractivity contribution is 5.79. The van der Waals surface area contributed by atoms with Gasteiger partial charge in [0.2, 0.25) is 5.91 Å². The third-order valence-corrected chi connectivity index (χ3v) is 3.79. The minimum absolute atomic E-state index is 0.0961. The summed E-state index contributed by atoms with van der Waals surface area (Å²) in [6.45, 7) is 2.24. The van der Waals surface area contributed by atoms with E-state index >= 15 is 0 Å². The summed E-state index contributed by atoms with van der Waals surface area (Å²) < 4.78 is 0. The van der Waals surface area contributed by atoms with Crippen molar-refractivity contribution in [3.05, 3.63) is 0 Å². The topological polar surface area (TPSA) is 61.4 Å². The molecule has 1 aliphatic carbocycles. The van der Waals surface area contributed by atoms with Gasteiger partial charge in [0.1, 0.15) is 0 Å². The molecule has 2 fully saturated rings. The normalized spacial score (nSPS) is 28.9. The van der Waals surface area contributed by atoms with E-state index in [1.54, 1.807) is 0 Å². The molecule has 2 aliphatic rings. The van der Waals surface area contributed by atoms with Crippen LogP contribution in [-0.4, -0.2) is 36.2 Å². The van der Waals surface area contributed by atoms with Crippen molar-refractivity contribution in [2.45, 2.75) is 44.1 Å². The van der Waals surface area contributed by atoms with Crippen molar-refractivity contribution in [2.75, 3.05) is 19.6 Å². The van der Waals surface area contributed by atoms with Crippen LogP contribution >= 0.6 is 0 Å². The summed E-state index contributed by atoms with van der Waals surface area (Å²) in [5.41, 5.74) is -0.627. The Kier molecular flexibility index (Phi) is 3.82. The molecule has 0 aromatic carbocycles. The van der Waals surface area contributed by atoms with Crippen LogP contribution in [-0.2, 0) is 4.79 Å². The van der Waals surface area contributed by atoms with E-state index in [4.69, 9.17) is 0 Å². The van der Waals surface area contributed by atoms with Gasteiger partial charge in [0.25, 0.3) is 0 Å². The second-order valence-electron chi connectivity index (χ2n) is 5.19. The molecular weight excluding hydrogens is 204 g/mol. The molecule has 0 spiro atoms. The Balaban J connectivity index is 1.74. The van der Waals surface area contributed by atoms with Crippen LogP contribution in [0.1, 0.15) is 38.5 Å². The summed E-state index contributed by atoms with van der Waals surface area (Å²) in [6, 6.07) is 0. The molecular formula is C12H22N2O2. The Morgan fingerprint density at radius 1 is 1.38 bits per heavy atom. The number of piperidine rings is 1. The van der Waals surface area contributed by atoms with Crippen molar-refractivity contribution in [2.24, 2.45) is 5.92 Å². The molecule has 4 nitrogen and oxygen atoms in total. The van der Waals surface area contributed by atoms with Crippen LogP contribution in [0.5, 0.6) is 0 Å². The maximum Gasteiger partial charge on any atom is 0.224 e. The van der Waals surface area contributed by atoms with Crippen molar-refractivity contribution in [1.29, 1.82) is 0 Å². The molecule has 0 aromatic rings. The van der Waals surface area contributed by atoms with Crippen LogP contribution < -0.4 is 10.6 Å². The predicted molar refractivity (Wildman–Crippen MR) is 62.0 cm³/mol. The van der Waals surface area contributed by atoms with Gasteiger partial charge < -0.3 is 15.7 Å². The summed E-state index contributed by atoms with van der Waals surface area (Å²) in [6.07, 6.45) is 5.86. The molecule has 2 rings (SSSR count). The lowest BCUT2D eigenvalue weighted by atomic mass is 9.97. The summed E-state index contributed by atoms with van der Waals surface area (Å²) in [5, 5.41) is 16.2. The van der Waals surface area contributed by atoms with Gasteiger partial charge in [0, 0.05) is 13.1 Å². The van der Waals surface area contributed by atoms with Crippen molar-refractivity contribution < 1.29 is 9.90 Å². The molecule has 1 atom stereocenters. The number of aliphatic hydroxyl groups is 1. The number of rotatable bonds is 3. The number of carbonyl (C=O) groups is 1. The molecule has 3 N–H and O–H groups in total. The molecule has 1 aliphatic heterocycles. The van der Waals surface area contributed by atoms with E-state index in [0.717, 1.165) is 51.6 Å². The number of carbonyl (C=O) groups excluding carboxylic acids is 1. The van der Waals surface area contributed by atoms with Gasteiger partial charge in [-0.05, 0) is 32.2 Å². The second kappa shape index (κ2) is 5.15. The number of hydrogen-bond acceptors (Lipinski definition) is 3. The van der Waals surface area contributed by atoms with Gasteiger partial charge in [-0.2, -0.15) is 0 Å². The minimum atomic E-state index is -0.627. The van der Waals surface area contributed by atoms with Gasteiger partial charge in [0.15, 0.2) is 0 Å². The van der Waals surface area contributed by atoms with Gasteiger partial charge in [-0.25, -0.2) is 0 Å². The third kappa shape index (κ3) is 2.95. The Hall–Kier alpha value is -0.610. The van der Waals surface area contributed by atoms with Crippen LogP contribution in [0.15, 0.2) is 0 Å². The zero-order valence-corrected chi connectivity index (χ0v) is 9.80. The Bertz CT molecular complexity index is 243. The molecule has 0 aromatic heterocycles. The average molecular weight is 226 g/mol. The lowest BCUT2D eigenvalue weighted by Gasteiger charge is -2.26. The summed E-state index contributed by atoms with van der Waals surface area (Å²) in [7, 11) is 0. The first kappa shape index (κ1) is 11.9. The van der Waals surface area contributed by atoms with E-state index in [2.05, 4.69) is 10.6 Å². The molecule has 1 saturated heterocycles. The first-order valence-corrected chi connectivity index (χ1v) is 6.40. The molecule has 1 heterocycles. The van der Waals surface area contributed by atoms with E-state index in [0.29, 0.717) is 6.54 Å². The Morgan fingerprint density at radius 3 is 2.75 bits per heavy atom. The van der Waals surface area contributed by atoms with Crippen molar-refractivity contribution in [3.63, 3.8) is 0 Å². The van der Waals surface area contributed by atoms with Crippen molar-refractivity contribution >= 4 is 5.91 Å². The van der Waals surface area contributed by atoms with Crippen LogP contribution in [0.2, 0.25) is 0 Å². The number of hydrogen-bond donors (Lipinski definition) is 3. The smallest absolute Gasteiger partial charge is 0.224 e. The summed E-state index contributed by atoms with van der Waals surface area (Å²) in [5.74, 6) is 0.200. The molecule has 1 saturated carbocycles. The molecule has 0 radical (unpaired) electrons. The molecule has 0 unspecified atom stereocenters. The van der Waals surface area contributed by atoms with Gasteiger partial charge >= 0.3 is 0 Å². The van der Waals surface area contributed by atoms with Crippen LogP contribution in [0, 0.1) is 5.92 Å².